The Morgan fingerprint density at radius 2 is 0.868 bits per heavy atom. The minimum Gasteiger partial charge on any atom is -0.248 e. The van der Waals surface area contributed by atoms with Crippen LogP contribution < -0.4 is 21.3 Å². The third-order valence-corrected chi connectivity index (χ3v) is 14.5. The van der Waals surface area contributed by atoms with Crippen molar-refractivity contribution in [3.8, 4) is 0 Å². The van der Waals surface area contributed by atoms with Crippen LogP contribution in [0.25, 0.3) is 11.0 Å². The number of para-hydroxylation sites is 2. The lowest BCUT2D eigenvalue weighted by Gasteiger charge is -2.25. The Morgan fingerprint density at radius 1 is 0.526 bits per heavy atom. The second-order valence-electron chi connectivity index (χ2n) is 14.5. The van der Waals surface area contributed by atoms with E-state index >= 15 is 0 Å². The van der Waals surface area contributed by atoms with E-state index < -0.39 is 32.3 Å². The van der Waals surface area contributed by atoms with Crippen molar-refractivity contribution in [2.24, 2.45) is 0 Å². The van der Waals surface area contributed by atoms with Gasteiger partial charge in [-0.1, -0.05) is 101 Å². The van der Waals surface area contributed by atoms with E-state index in [9.17, 15) is 0 Å². The van der Waals surface area contributed by atoms with Crippen molar-refractivity contribution in [2.75, 3.05) is 0 Å². The van der Waals surface area contributed by atoms with Crippen LogP contribution in [0.4, 0.5) is 0 Å². The lowest BCUT2D eigenvalue weighted by Crippen LogP contribution is -2.59. The van der Waals surface area contributed by atoms with E-state index in [0.29, 0.717) is 13.1 Å². The molecule has 0 aliphatic carbocycles. The van der Waals surface area contributed by atoms with Gasteiger partial charge in [0.25, 0.3) is 0 Å². The third kappa shape index (κ3) is 5.82. The van der Waals surface area contributed by atoms with Crippen LogP contribution in [0.1, 0.15) is 11.4 Å². The molecule has 0 fully saturated rings. The zero-order valence-electron chi connectivity index (χ0n) is 25.3. The lowest BCUT2D eigenvalue weighted by atomic mass is 10.2. The van der Waals surface area contributed by atoms with E-state index in [-0.39, 0.29) is 0 Å². The summed E-state index contributed by atoms with van der Waals surface area (Å²) in [7, 11) is -6.76. The largest absolute Gasteiger partial charge is 0.248 e. The molecule has 0 aliphatic heterocycles. The zero-order valence-corrected chi connectivity index (χ0v) is 29.3. The highest BCUT2D eigenvalue weighted by Crippen LogP contribution is 2.16. The first-order valence-electron chi connectivity index (χ1n) is 13.5. The predicted molar refractivity (Wildman–Crippen MR) is 170 cm³/mol. The SMILES string of the molecule is C[Si](C)(C)c1nnn(Cc2nc3ccccc3nc2Cn2nnc([Si](C)(C)C)c2[Si](C)(C)C)c1[Si](C)(C)C. The van der Waals surface area contributed by atoms with E-state index in [1.165, 1.54) is 21.3 Å². The fourth-order valence-corrected chi connectivity index (χ4v) is 15.1. The second-order valence-corrected chi connectivity index (χ2v) is 34.4. The number of benzene rings is 1. The number of hydrogen-bond acceptors (Lipinski definition) is 6. The van der Waals surface area contributed by atoms with Crippen molar-refractivity contribution in [2.45, 2.75) is 91.7 Å². The molecule has 0 bridgehead atoms. The summed E-state index contributed by atoms with van der Waals surface area (Å²) in [6, 6.07) is 8.12. The molecule has 3 aromatic heterocycles. The summed E-state index contributed by atoms with van der Waals surface area (Å²) in [6.45, 7) is 29.5. The standard InChI is InChI=1S/C26H44N8Si4/c1-35(2,3)23-25(37(7,8)9)33(31-29-23)17-21-22(28-20-16-14-13-15-19(20)27-21)18-34-26(38(10,11)12)24(30-32-34)36(4,5)6/h13-16H,17-18H2,1-12H3. The monoisotopic (exact) mass is 580 g/mol. The molecular weight excluding hydrogens is 537 g/mol. The zero-order chi connectivity index (χ0) is 28.3. The highest BCUT2D eigenvalue weighted by Gasteiger charge is 2.35. The maximum Gasteiger partial charge on any atom is 0.106 e. The van der Waals surface area contributed by atoms with Crippen LogP contribution in [0.3, 0.4) is 0 Å². The van der Waals surface area contributed by atoms with Crippen LogP contribution in [-0.4, -0.2) is 72.3 Å². The Bertz CT molecular complexity index is 1350. The summed E-state index contributed by atoms with van der Waals surface area (Å²) in [4.78, 5) is 10.3. The van der Waals surface area contributed by atoms with Crippen LogP contribution in [0, 0.1) is 0 Å². The van der Waals surface area contributed by atoms with Crippen LogP contribution in [0.5, 0.6) is 0 Å². The Labute approximate surface area is 231 Å². The molecule has 0 atom stereocenters. The molecule has 0 amide bonds. The molecule has 38 heavy (non-hydrogen) atoms. The van der Waals surface area contributed by atoms with Crippen LogP contribution in [0.2, 0.25) is 78.6 Å². The molecule has 0 aliphatic rings. The number of rotatable bonds is 8. The molecule has 12 heteroatoms. The average molecular weight is 581 g/mol. The molecular formula is C26H44N8Si4. The van der Waals surface area contributed by atoms with Crippen LogP contribution in [-0.2, 0) is 13.1 Å². The molecule has 1 aromatic carbocycles. The Balaban J connectivity index is 1.88. The maximum atomic E-state index is 5.14. The maximum absolute atomic E-state index is 5.14. The van der Waals surface area contributed by atoms with E-state index in [0.717, 1.165) is 22.4 Å². The first-order valence-corrected chi connectivity index (χ1v) is 27.5. The number of hydrogen-bond donors (Lipinski definition) is 0. The summed E-state index contributed by atoms with van der Waals surface area (Å²) >= 11 is 0. The van der Waals surface area contributed by atoms with Gasteiger partial charge in [-0.2, -0.15) is 0 Å². The van der Waals surface area contributed by atoms with Gasteiger partial charge in [-0.15, -0.1) is 10.2 Å². The summed E-state index contributed by atoms with van der Waals surface area (Å²) in [5.41, 5.74) is 3.67. The van der Waals surface area contributed by atoms with Gasteiger partial charge in [0.1, 0.15) is 32.3 Å². The molecule has 0 saturated heterocycles. The molecule has 0 unspecified atom stereocenters. The fourth-order valence-electron chi connectivity index (χ4n) is 4.95. The average Bonchev–Trinajstić information content (AvgIpc) is 3.38. The molecule has 0 spiro atoms. The van der Waals surface area contributed by atoms with Crippen molar-refractivity contribution in [1.82, 2.24) is 40.0 Å². The van der Waals surface area contributed by atoms with Crippen molar-refractivity contribution >= 4 is 64.6 Å². The third-order valence-electron chi connectivity index (χ3n) is 6.64. The van der Waals surface area contributed by atoms with Crippen LogP contribution in [0.15, 0.2) is 24.3 Å². The summed E-state index contributed by atoms with van der Waals surface area (Å²) in [6.07, 6.45) is 0. The molecule has 0 saturated carbocycles. The van der Waals surface area contributed by atoms with Gasteiger partial charge < -0.3 is 0 Å². The summed E-state index contributed by atoms with van der Waals surface area (Å²) in [5.74, 6) is 0. The topological polar surface area (TPSA) is 87.2 Å². The van der Waals surface area contributed by atoms with E-state index in [1.807, 2.05) is 24.3 Å². The minimum absolute atomic E-state index is 0.558. The van der Waals surface area contributed by atoms with Gasteiger partial charge in [0.15, 0.2) is 0 Å². The van der Waals surface area contributed by atoms with Gasteiger partial charge in [-0.25, -0.2) is 19.3 Å². The number of aromatic nitrogens is 8. The van der Waals surface area contributed by atoms with Gasteiger partial charge in [0.05, 0.1) is 46.1 Å². The minimum atomic E-state index is -1.72. The summed E-state index contributed by atoms with van der Waals surface area (Å²) in [5, 5.41) is 24.0. The Kier molecular flexibility index (Phi) is 7.34. The Hall–Kier alpha value is -2.29. The second kappa shape index (κ2) is 9.72. The van der Waals surface area contributed by atoms with E-state index in [4.69, 9.17) is 30.6 Å². The van der Waals surface area contributed by atoms with Crippen molar-refractivity contribution < 1.29 is 0 Å². The normalized spacial score (nSPS) is 13.5. The smallest absolute Gasteiger partial charge is 0.106 e. The number of fused-ring (bicyclic) bond motifs is 1. The highest BCUT2D eigenvalue weighted by atomic mass is 28.3. The molecule has 0 radical (unpaired) electrons. The first-order chi connectivity index (χ1) is 17.4. The molecule has 0 N–H and O–H groups in total. The molecule has 4 aromatic rings. The predicted octanol–water partition coefficient (Wildman–Crippen LogP) is 3.09. The first kappa shape index (κ1) is 28.7. The van der Waals surface area contributed by atoms with Crippen LogP contribution >= 0.6 is 0 Å². The van der Waals surface area contributed by atoms with Crippen molar-refractivity contribution in [1.29, 1.82) is 0 Å². The van der Waals surface area contributed by atoms with Crippen molar-refractivity contribution in [3.05, 3.63) is 35.7 Å². The molecule has 3 heterocycles. The van der Waals surface area contributed by atoms with Crippen molar-refractivity contribution in [3.63, 3.8) is 0 Å². The Morgan fingerprint density at radius 3 is 1.16 bits per heavy atom. The molecule has 4 rings (SSSR count). The van der Waals surface area contributed by atoms with E-state index in [2.05, 4.69) is 87.9 Å². The summed E-state index contributed by atoms with van der Waals surface area (Å²) < 4.78 is 4.24. The fraction of sp³-hybridized carbons (Fsp3) is 0.538. The van der Waals surface area contributed by atoms with Gasteiger partial charge in [-0.05, 0) is 12.1 Å². The molecule has 8 nitrogen and oxygen atoms in total. The lowest BCUT2D eigenvalue weighted by molar-refractivity contribution is 0.614. The highest BCUT2D eigenvalue weighted by molar-refractivity contribution is 6.98. The van der Waals surface area contributed by atoms with Gasteiger partial charge in [0.2, 0.25) is 0 Å². The van der Waals surface area contributed by atoms with Gasteiger partial charge >= 0.3 is 0 Å². The van der Waals surface area contributed by atoms with Gasteiger partial charge in [-0.3, -0.25) is 0 Å². The quantitative estimate of drug-likeness (QED) is 0.298. The van der Waals surface area contributed by atoms with Gasteiger partial charge in [0, 0.05) is 10.6 Å². The number of nitrogens with zero attached hydrogens (tertiary/aromatic N) is 8. The molecule has 204 valence electrons. The van der Waals surface area contributed by atoms with E-state index in [1.54, 1.807) is 0 Å².